The van der Waals surface area contributed by atoms with E-state index in [1.165, 1.54) is 0 Å². The van der Waals surface area contributed by atoms with E-state index in [0.717, 1.165) is 40.8 Å². The Labute approximate surface area is 150 Å². The number of hydrogen-bond acceptors (Lipinski definition) is 4. The average molecular weight is 353 g/mol. The molecule has 2 aromatic heterocycles. The van der Waals surface area contributed by atoms with Gasteiger partial charge in [-0.25, -0.2) is 9.78 Å². The molecule has 0 saturated carbocycles. The first-order valence-electron chi connectivity index (χ1n) is 8.14. The SMILES string of the molecule is Cc1nc(-c2ccc3c(c2)c(C#N)cn3CCC(C)C)sc1C(=O)O. The Morgan fingerprint density at radius 3 is 2.80 bits per heavy atom. The second kappa shape index (κ2) is 6.69. The summed E-state index contributed by atoms with van der Waals surface area (Å²) in [4.78, 5) is 15.9. The van der Waals surface area contributed by atoms with Crippen LogP contribution in [0.3, 0.4) is 0 Å². The number of nitriles is 1. The molecule has 0 aliphatic heterocycles. The van der Waals surface area contributed by atoms with Crippen molar-refractivity contribution in [3.05, 3.63) is 40.5 Å². The summed E-state index contributed by atoms with van der Waals surface area (Å²) in [7, 11) is 0. The van der Waals surface area contributed by atoms with Gasteiger partial charge in [-0.2, -0.15) is 5.26 Å². The van der Waals surface area contributed by atoms with Crippen molar-refractivity contribution < 1.29 is 9.90 Å². The molecule has 128 valence electrons. The van der Waals surface area contributed by atoms with E-state index in [2.05, 4.69) is 29.5 Å². The van der Waals surface area contributed by atoms with Crippen LogP contribution < -0.4 is 0 Å². The summed E-state index contributed by atoms with van der Waals surface area (Å²) in [5, 5.41) is 20.2. The molecule has 3 aromatic rings. The van der Waals surface area contributed by atoms with Crippen molar-refractivity contribution in [2.75, 3.05) is 0 Å². The fourth-order valence-electron chi connectivity index (χ4n) is 2.82. The van der Waals surface area contributed by atoms with Gasteiger partial charge in [-0.15, -0.1) is 11.3 Å². The Morgan fingerprint density at radius 1 is 1.44 bits per heavy atom. The molecule has 6 heteroatoms. The number of aromatic carboxylic acids is 1. The molecule has 0 amide bonds. The summed E-state index contributed by atoms with van der Waals surface area (Å²) >= 11 is 1.16. The van der Waals surface area contributed by atoms with Crippen molar-refractivity contribution in [3.63, 3.8) is 0 Å². The lowest BCUT2D eigenvalue weighted by molar-refractivity contribution is 0.0701. The topological polar surface area (TPSA) is 78.9 Å². The van der Waals surface area contributed by atoms with Crippen LogP contribution in [0.1, 0.15) is 41.2 Å². The lowest BCUT2D eigenvalue weighted by atomic mass is 10.1. The number of carbonyl (C=O) groups is 1. The number of rotatable bonds is 5. The van der Waals surface area contributed by atoms with Crippen LogP contribution in [0.2, 0.25) is 0 Å². The number of thiazole rings is 1. The zero-order chi connectivity index (χ0) is 18.1. The quantitative estimate of drug-likeness (QED) is 0.722. The lowest BCUT2D eigenvalue weighted by Gasteiger charge is -2.07. The molecule has 2 heterocycles. The first-order chi connectivity index (χ1) is 11.9. The van der Waals surface area contributed by atoms with E-state index in [-0.39, 0.29) is 4.88 Å². The maximum atomic E-state index is 11.2. The highest BCUT2D eigenvalue weighted by Crippen LogP contribution is 2.32. The van der Waals surface area contributed by atoms with Crippen LogP contribution in [0.5, 0.6) is 0 Å². The molecule has 3 rings (SSSR count). The largest absolute Gasteiger partial charge is 0.477 e. The number of benzene rings is 1. The van der Waals surface area contributed by atoms with Gasteiger partial charge in [0.2, 0.25) is 0 Å². The van der Waals surface area contributed by atoms with Gasteiger partial charge in [0.15, 0.2) is 0 Å². The molecule has 5 nitrogen and oxygen atoms in total. The Bertz CT molecular complexity index is 992. The summed E-state index contributed by atoms with van der Waals surface area (Å²) in [6, 6.07) is 8.13. The first-order valence-corrected chi connectivity index (χ1v) is 8.96. The normalized spacial score (nSPS) is 11.2. The number of carboxylic acid groups (broad SMARTS) is 1. The third-order valence-electron chi connectivity index (χ3n) is 4.19. The van der Waals surface area contributed by atoms with Gasteiger partial charge in [0.1, 0.15) is 16.0 Å². The molecule has 0 aliphatic rings. The Kier molecular flexibility index (Phi) is 4.60. The molecule has 0 radical (unpaired) electrons. The average Bonchev–Trinajstić information content (AvgIpc) is 3.13. The molecule has 1 N–H and O–H groups in total. The molecule has 0 unspecified atom stereocenters. The predicted molar refractivity (Wildman–Crippen MR) is 98.9 cm³/mol. The zero-order valence-electron chi connectivity index (χ0n) is 14.4. The van der Waals surface area contributed by atoms with Crippen molar-refractivity contribution in [3.8, 4) is 16.6 Å². The van der Waals surface area contributed by atoms with Gasteiger partial charge in [-0.05, 0) is 37.5 Å². The second-order valence-corrected chi connectivity index (χ2v) is 7.50. The molecule has 0 fully saturated rings. The molecule has 0 saturated heterocycles. The van der Waals surface area contributed by atoms with Crippen molar-refractivity contribution in [2.24, 2.45) is 5.92 Å². The van der Waals surface area contributed by atoms with E-state index in [0.29, 0.717) is 22.2 Å². The third-order valence-corrected chi connectivity index (χ3v) is 5.38. The Morgan fingerprint density at radius 2 is 2.20 bits per heavy atom. The second-order valence-electron chi connectivity index (χ2n) is 6.50. The van der Waals surface area contributed by atoms with Crippen molar-refractivity contribution >= 4 is 28.2 Å². The highest BCUT2D eigenvalue weighted by atomic mass is 32.1. The summed E-state index contributed by atoms with van der Waals surface area (Å²) < 4.78 is 2.12. The van der Waals surface area contributed by atoms with Gasteiger partial charge in [-0.1, -0.05) is 13.8 Å². The molecule has 0 aliphatic carbocycles. The van der Waals surface area contributed by atoms with Gasteiger partial charge in [0.05, 0.1) is 11.3 Å². The van der Waals surface area contributed by atoms with Crippen LogP contribution in [0.4, 0.5) is 0 Å². The summed E-state index contributed by atoms with van der Waals surface area (Å²) in [5.74, 6) is -0.366. The molecular weight excluding hydrogens is 334 g/mol. The number of aromatic nitrogens is 2. The van der Waals surface area contributed by atoms with E-state index >= 15 is 0 Å². The smallest absolute Gasteiger partial charge is 0.347 e. The fraction of sp³-hybridized carbons (Fsp3) is 0.316. The zero-order valence-corrected chi connectivity index (χ0v) is 15.2. The summed E-state index contributed by atoms with van der Waals surface area (Å²) in [5.41, 5.74) is 3.01. The predicted octanol–water partition coefficient (Wildman–Crippen LogP) is 4.69. The van der Waals surface area contributed by atoms with Crippen LogP contribution in [0.25, 0.3) is 21.5 Å². The van der Waals surface area contributed by atoms with E-state index in [9.17, 15) is 15.2 Å². The van der Waals surface area contributed by atoms with E-state index < -0.39 is 5.97 Å². The number of carboxylic acids is 1. The van der Waals surface area contributed by atoms with Gasteiger partial charge < -0.3 is 9.67 Å². The molecule has 0 atom stereocenters. The summed E-state index contributed by atoms with van der Waals surface area (Å²) in [6.45, 7) is 6.93. The molecule has 25 heavy (non-hydrogen) atoms. The van der Waals surface area contributed by atoms with Crippen molar-refractivity contribution in [1.82, 2.24) is 9.55 Å². The Balaban J connectivity index is 2.07. The first kappa shape index (κ1) is 17.2. The van der Waals surface area contributed by atoms with Crippen molar-refractivity contribution in [2.45, 2.75) is 33.7 Å². The van der Waals surface area contributed by atoms with Crippen LogP contribution >= 0.6 is 11.3 Å². The lowest BCUT2D eigenvalue weighted by Crippen LogP contribution is -1.99. The monoisotopic (exact) mass is 353 g/mol. The number of aryl methyl sites for hydroxylation is 2. The number of nitrogens with zero attached hydrogens (tertiary/aromatic N) is 3. The van der Waals surface area contributed by atoms with Crippen molar-refractivity contribution in [1.29, 1.82) is 5.26 Å². The standard InChI is InChI=1S/C19H19N3O2S/c1-11(2)6-7-22-10-14(9-20)15-8-13(4-5-16(15)22)18-21-12(3)17(25-18)19(23)24/h4-5,8,10-11H,6-7H2,1-3H3,(H,23,24). The fourth-order valence-corrected chi connectivity index (χ4v) is 3.72. The van der Waals surface area contributed by atoms with Crippen LogP contribution in [0, 0.1) is 24.2 Å². The number of fused-ring (bicyclic) bond motifs is 1. The summed E-state index contributed by atoms with van der Waals surface area (Å²) in [6.07, 6.45) is 2.94. The van der Waals surface area contributed by atoms with E-state index in [1.807, 2.05) is 24.4 Å². The Hall–Kier alpha value is -2.65. The molecule has 0 spiro atoms. The molecular formula is C19H19N3O2S. The molecule has 1 aromatic carbocycles. The minimum atomic E-state index is -0.958. The van der Waals surface area contributed by atoms with Crippen LogP contribution in [0.15, 0.2) is 24.4 Å². The van der Waals surface area contributed by atoms with Gasteiger partial charge >= 0.3 is 5.97 Å². The van der Waals surface area contributed by atoms with E-state index in [4.69, 9.17) is 0 Å². The maximum absolute atomic E-state index is 11.2. The number of hydrogen-bond donors (Lipinski definition) is 1. The molecule has 0 bridgehead atoms. The maximum Gasteiger partial charge on any atom is 0.347 e. The minimum absolute atomic E-state index is 0.255. The van der Waals surface area contributed by atoms with Crippen LogP contribution in [-0.2, 0) is 6.54 Å². The highest BCUT2D eigenvalue weighted by Gasteiger charge is 2.16. The van der Waals surface area contributed by atoms with Gasteiger partial charge in [0.25, 0.3) is 0 Å². The van der Waals surface area contributed by atoms with E-state index in [1.54, 1.807) is 6.92 Å². The minimum Gasteiger partial charge on any atom is -0.477 e. The van der Waals surface area contributed by atoms with Crippen LogP contribution in [-0.4, -0.2) is 20.6 Å². The highest BCUT2D eigenvalue weighted by molar-refractivity contribution is 7.17. The van der Waals surface area contributed by atoms with Gasteiger partial charge in [0, 0.05) is 29.2 Å². The third kappa shape index (κ3) is 3.28. The van der Waals surface area contributed by atoms with Gasteiger partial charge in [-0.3, -0.25) is 0 Å².